The Bertz CT molecular complexity index is 396. The summed E-state index contributed by atoms with van der Waals surface area (Å²) in [5.41, 5.74) is 9.78. The van der Waals surface area contributed by atoms with Gasteiger partial charge in [0.2, 0.25) is 0 Å². The highest BCUT2D eigenvalue weighted by molar-refractivity contribution is 5.52. The third-order valence-corrected chi connectivity index (χ3v) is 4.06. The molecule has 86 valence electrons. The molecule has 16 heavy (non-hydrogen) atoms. The van der Waals surface area contributed by atoms with Gasteiger partial charge in [-0.1, -0.05) is 19.1 Å². The summed E-state index contributed by atoms with van der Waals surface area (Å²) in [4.78, 5) is 2.55. The van der Waals surface area contributed by atoms with Gasteiger partial charge in [-0.2, -0.15) is 0 Å². The van der Waals surface area contributed by atoms with Crippen molar-refractivity contribution in [1.29, 1.82) is 0 Å². The number of nitrogens with two attached hydrogens (primary N) is 1. The molecule has 0 saturated heterocycles. The second-order valence-electron chi connectivity index (χ2n) is 5.47. The van der Waals surface area contributed by atoms with Gasteiger partial charge >= 0.3 is 0 Å². The number of fused-ring (bicyclic) bond motifs is 1. The molecule has 3 rings (SSSR count). The van der Waals surface area contributed by atoms with Crippen molar-refractivity contribution in [3.05, 3.63) is 29.3 Å². The molecule has 0 spiro atoms. The van der Waals surface area contributed by atoms with Crippen molar-refractivity contribution < 1.29 is 0 Å². The molecule has 1 aromatic carbocycles. The average molecular weight is 216 g/mol. The maximum absolute atomic E-state index is 6.01. The minimum atomic E-state index is 0.857. The Kier molecular flexibility index (Phi) is 2.40. The van der Waals surface area contributed by atoms with Crippen LogP contribution in [0.1, 0.15) is 30.9 Å². The quantitative estimate of drug-likeness (QED) is 0.787. The molecule has 1 fully saturated rings. The van der Waals surface area contributed by atoms with Crippen LogP contribution in [0, 0.1) is 11.8 Å². The third kappa shape index (κ3) is 1.82. The summed E-state index contributed by atoms with van der Waals surface area (Å²) in [5, 5.41) is 0. The Labute approximate surface area is 97.4 Å². The smallest absolute Gasteiger partial charge is 0.0363 e. The van der Waals surface area contributed by atoms with Crippen molar-refractivity contribution in [1.82, 2.24) is 4.90 Å². The molecular formula is C14H20N2. The number of hydrogen-bond acceptors (Lipinski definition) is 2. The number of nitrogens with zero attached hydrogens (tertiary/aromatic N) is 1. The fraction of sp³-hybridized carbons (Fsp3) is 0.571. The molecule has 0 amide bonds. The highest BCUT2D eigenvalue weighted by Crippen LogP contribution is 2.38. The number of hydrogen-bond donors (Lipinski definition) is 1. The first-order valence-corrected chi connectivity index (χ1v) is 6.32. The molecule has 1 heterocycles. The average Bonchev–Trinajstić information content (AvgIpc) is 3.01. The van der Waals surface area contributed by atoms with Gasteiger partial charge in [-0.05, 0) is 41.9 Å². The van der Waals surface area contributed by atoms with Crippen LogP contribution >= 0.6 is 0 Å². The van der Waals surface area contributed by atoms with Gasteiger partial charge in [-0.3, -0.25) is 4.90 Å². The van der Waals surface area contributed by atoms with E-state index in [-0.39, 0.29) is 0 Å². The molecule has 0 aromatic heterocycles. The van der Waals surface area contributed by atoms with E-state index >= 15 is 0 Å². The molecule has 1 unspecified atom stereocenters. The largest absolute Gasteiger partial charge is 0.398 e. The van der Waals surface area contributed by atoms with Crippen molar-refractivity contribution in [3.63, 3.8) is 0 Å². The standard InChI is InChI=1S/C14H20N2/c1-10(11-5-6-11)7-16-8-12-3-2-4-14(15)13(12)9-16/h2-4,10-11H,5-9,15H2,1H3. The van der Waals surface area contributed by atoms with Crippen LogP contribution in [-0.2, 0) is 13.1 Å². The summed E-state index contributed by atoms with van der Waals surface area (Å²) < 4.78 is 0. The number of anilines is 1. The number of rotatable bonds is 3. The van der Waals surface area contributed by atoms with Gasteiger partial charge in [0, 0.05) is 25.3 Å². The van der Waals surface area contributed by atoms with E-state index < -0.39 is 0 Å². The molecule has 1 saturated carbocycles. The Morgan fingerprint density at radius 1 is 1.38 bits per heavy atom. The Morgan fingerprint density at radius 2 is 2.19 bits per heavy atom. The maximum Gasteiger partial charge on any atom is 0.0363 e. The van der Waals surface area contributed by atoms with Gasteiger partial charge in [0.25, 0.3) is 0 Å². The lowest BCUT2D eigenvalue weighted by molar-refractivity contribution is 0.231. The molecular weight excluding hydrogens is 196 g/mol. The van der Waals surface area contributed by atoms with E-state index in [1.807, 2.05) is 6.07 Å². The lowest BCUT2D eigenvalue weighted by Gasteiger charge is -2.19. The van der Waals surface area contributed by atoms with E-state index in [2.05, 4.69) is 24.0 Å². The van der Waals surface area contributed by atoms with Gasteiger partial charge < -0.3 is 5.73 Å². The number of nitrogen functional groups attached to an aromatic ring is 1. The summed E-state index contributed by atoms with van der Waals surface area (Å²) in [6, 6.07) is 6.31. The van der Waals surface area contributed by atoms with Crippen molar-refractivity contribution in [2.45, 2.75) is 32.9 Å². The summed E-state index contributed by atoms with van der Waals surface area (Å²) in [6.07, 6.45) is 2.90. The molecule has 1 aliphatic carbocycles. The van der Waals surface area contributed by atoms with Crippen LogP contribution in [0.4, 0.5) is 5.69 Å². The SMILES string of the molecule is CC(CN1Cc2cccc(N)c2C1)C1CC1. The fourth-order valence-electron chi connectivity index (χ4n) is 2.87. The molecule has 2 nitrogen and oxygen atoms in total. The Balaban J connectivity index is 1.68. The highest BCUT2D eigenvalue weighted by Gasteiger charge is 2.30. The maximum atomic E-state index is 6.01. The van der Waals surface area contributed by atoms with Crippen LogP contribution in [0.15, 0.2) is 18.2 Å². The molecule has 1 atom stereocenters. The van der Waals surface area contributed by atoms with Crippen LogP contribution in [-0.4, -0.2) is 11.4 Å². The van der Waals surface area contributed by atoms with Gasteiger partial charge in [-0.25, -0.2) is 0 Å². The molecule has 2 N–H and O–H groups in total. The van der Waals surface area contributed by atoms with Gasteiger partial charge in [0.05, 0.1) is 0 Å². The molecule has 0 bridgehead atoms. The van der Waals surface area contributed by atoms with E-state index in [1.54, 1.807) is 0 Å². The minimum absolute atomic E-state index is 0.857. The fourth-order valence-corrected chi connectivity index (χ4v) is 2.87. The van der Waals surface area contributed by atoms with Crippen LogP contribution in [0.25, 0.3) is 0 Å². The predicted molar refractivity (Wildman–Crippen MR) is 66.9 cm³/mol. The number of benzene rings is 1. The van der Waals surface area contributed by atoms with E-state index in [1.165, 1.54) is 30.5 Å². The summed E-state index contributed by atoms with van der Waals surface area (Å²) in [6.45, 7) is 5.78. The molecule has 2 heteroatoms. The molecule has 0 radical (unpaired) electrons. The lowest BCUT2D eigenvalue weighted by atomic mass is 10.1. The Morgan fingerprint density at radius 3 is 2.88 bits per heavy atom. The predicted octanol–water partition coefficient (Wildman–Crippen LogP) is 2.63. The summed E-state index contributed by atoms with van der Waals surface area (Å²) in [5.74, 6) is 1.86. The van der Waals surface area contributed by atoms with Crippen LogP contribution in [0.2, 0.25) is 0 Å². The van der Waals surface area contributed by atoms with Crippen LogP contribution in [0.5, 0.6) is 0 Å². The second-order valence-corrected chi connectivity index (χ2v) is 5.47. The van der Waals surface area contributed by atoms with E-state index in [4.69, 9.17) is 5.73 Å². The second kappa shape index (κ2) is 3.77. The Hall–Kier alpha value is -1.02. The zero-order valence-electron chi connectivity index (χ0n) is 9.95. The van der Waals surface area contributed by atoms with Crippen LogP contribution < -0.4 is 5.73 Å². The van der Waals surface area contributed by atoms with E-state index in [0.717, 1.165) is 30.6 Å². The van der Waals surface area contributed by atoms with E-state index in [9.17, 15) is 0 Å². The third-order valence-electron chi connectivity index (χ3n) is 4.06. The highest BCUT2D eigenvalue weighted by atomic mass is 15.1. The first-order chi connectivity index (χ1) is 7.74. The monoisotopic (exact) mass is 216 g/mol. The molecule has 1 aromatic rings. The zero-order chi connectivity index (χ0) is 11.1. The minimum Gasteiger partial charge on any atom is -0.398 e. The molecule has 2 aliphatic rings. The van der Waals surface area contributed by atoms with Crippen molar-refractivity contribution in [2.24, 2.45) is 11.8 Å². The lowest BCUT2D eigenvalue weighted by Crippen LogP contribution is -2.24. The summed E-state index contributed by atoms with van der Waals surface area (Å²) in [7, 11) is 0. The van der Waals surface area contributed by atoms with Crippen molar-refractivity contribution >= 4 is 5.69 Å². The van der Waals surface area contributed by atoms with Crippen LogP contribution in [0.3, 0.4) is 0 Å². The topological polar surface area (TPSA) is 29.3 Å². The van der Waals surface area contributed by atoms with Gasteiger partial charge in [0.1, 0.15) is 0 Å². The van der Waals surface area contributed by atoms with Gasteiger partial charge in [0.15, 0.2) is 0 Å². The van der Waals surface area contributed by atoms with Crippen molar-refractivity contribution in [3.8, 4) is 0 Å². The molecule has 1 aliphatic heterocycles. The normalized spacial score (nSPS) is 22.1. The van der Waals surface area contributed by atoms with E-state index in [0.29, 0.717) is 0 Å². The van der Waals surface area contributed by atoms with Gasteiger partial charge in [-0.15, -0.1) is 0 Å². The first kappa shape index (κ1) is 10.2. The summed E-state index contributed by atoms with van der Waals surface area (Å²) >= 11 is 0. The zero-order valence-corrected chi connectivity index (χ0v) is 9.95. The van der Waals surface area contributed by atoms with Crippen molar-refractivity contribution in [2.75, 3.05) is 12.3 Å². The first-order valence-electron chi connectivity index (χ1n) is 6.32.